The van der Waals surface area contributed by atoms with E-state index in [2.05, 4.69) is 47.4 Å². The van der Waals surface area contributed by atoms with Crippen molar-refractivity contribution in [3.8, 4) is 5.75 Å². The number of aliphatic carboxylic acids is 2. The molecule has 1 aromatic carbocycles. The predicted octanol–water partition coefficient (Wildman–Crippen LogP) is 2.80. The number of para-hydroxylation sites is 1. The van der Waals surface area contributed by atoms with E-state index in [0.717, 1.165) is 30.7 Å². The lowest BCUT2D eigenvalue weighted by Crippen LogP contribution is -2.40. The number of rotatable bonds is 4. The van der Waals surface area contributed by atoms with E-state index in [9.17, 15) is 0 Å². The molecule has 0 aliphatic carbocycles. The van der Waals surface area contributed by atoms with E-state index in [1.807, 2.05) is 18.2 Å². The number of carbonyl (C=O) groups is 2. The van der Waals surface area contributed by atoms with Crippen LogP contribution in [0.4, 0.5) is 0 Å². The average Bonchev–Trinajstić information content (AvgIpc) is 2.49. The standard InChI is InChI=1S/C15H22INO.C2H2O4/c1-12-9-13(2)11-17(10-12)7-8-18-15-6-4-3-5-14(15)16;3-1(4)2(5)6/h3-6,12-13H,7-11H2,1-2H3;(H,3,4)(H,5,6). The molecule has 2 N–H and O–H groups in total. The van der Waals surface area contributed by atoms with E-state index >= 15 is 0 Å². The number of carboxylic acid groups (broad SMARTS) is 2. The highest BCUT2D eigenvalue weighted by molar-refractivity contribution is 14.1. The zero-order valence-corrected chi connectivity index (χ0v) is 16.1. The Kier molecular flexibility index (Phi) is 9.05. The van der Waals surface area contributed by atoms with Crippen molar-refractivity contribution in [1.82, 2.24) is 4.90 Å². The zero-order chi connectivity index (χ0) is 18.1. The summed E-state index contributed by atoms with van der Waals surface area (Å²) in [5.41, 5.74) is 0. The summed E-state index contributed by atoms with van der Waals surface area (Å²) >= 11 is 2.32. The largest absolute Gasteiger partial charge is 0.491 e. The van der Waals surface area contributed by atoms with Gasteiger partial charge < -0.3 is 14.9 Å². The Morgan fingerprint density at radius 1 is 1.17 bits per heavy atom. The van der Waals surface area contributed by atoms with Gasteiger partial charge in [0.2, 0.25) is 0 Å². The summed E-state index contributed by atoms with van der Waals surface area (Å²) in [5.74, 6) is -0.988. The normalized spacial score (nSPS) is 20.6. The minimum Gasteiger partial charge on any atom is -0.491 e. The summed E-state index contributed by atoms with van der Waals surface area (Å²) < 4.78 is 7.05. The fraction of sp³-hybridized carbons (Fsp3) is 0.529. The second-order valence-electron chi connectivity index (χ2n) is 6.09. The molecule has 1 fully saturated rings. The molecule has 1 aliphatic heterocycles. The van der Waals surface area contributed by atoms with Gasteiger partial charge in [-0.2, -0.15) is 0 Å². The van der Waals surface area contributed by atoms with Crippen molar-refractivity contribution in [2.24, 2.45) is 11.8 Å². The van der Waals surface area contributed by atoms with E-state index in [1.165, 1.54) is 23.1 Å². The van der Waals surface area contributed by atoms with Crippen molar-refractivity contribution in [2.75, 3.05) is 26.2 Å². The molecule has 7 heteroatoms. The van der Waals surface area contributed by atoms with Crippen molar-refractivity contribution >= 4 is 34.5 Å². The van der Waals surface area contributed by atoms with Crippen molar-refractivity contribution in [3.05, 3.63) is 27.8 Å². The molecule has 0 bridgehead atoms. The second-order valence-corrected chi connectivity index (χ2v) is 7.26. The van der Waals surface area contributed by atoms with Crippen molar-refractivity contribution < 1.29 is 24.5 Å². The predicted molar refractivity (Wildman–Crippen MR) is 99.3 cm³/mol. The summed E-state index contributed by atoms with van der Waals surface area (Å²) in [6.07, 6.45) is 1.37. The molecule has 1 saturated heterocycles. The maximum absolute atomic E-state index is 9.10. The molecule has 2 unspecified atom stereocenters. The van der Waals surface area contributed by atoms with Gasteiger partial charge in [-0.25, -0.2) is 9.59 Å². The van der Waals surface area contributed by atoms with E-state index in [1.54, 1.807) is 0 Å². The molecule has 0 radical (unpaired) electrons. The number of likely N-dealkylation sites (tertiary alicyclic amines) is 1. The maximum Gasteiger partial charge on any atom is 0.414 e. The van der Waals surface area contributed by atoms with E-state index in [4.69, 9.17) is 24.5 Å². The number of hydrogen-bond donors (Lipinski definition) is 2. The van der Waals surface area contributed by atoms with Gasteiger partial charge in [-0.05, 0) is 53.0 Å². The van der Waals surface area contributed by atoms with Gasteiger partial charge in [-0.1, -0.05) is 26.0 Å². The first-order chi connectivity index (χ1) is 11.3. The molecule has 2 rings (SSSR count). The van der Waals surface area contributed by atoms with Crippen molar-refractivity contribution in [1.29, 1.82) is 0 Å². The van der Waals surface area contributed by atoms with Gasteiger partial charge in [-0.15, -0.1) is 0 Å². The summed E-state index contributed by atoms with van der Waals surface area (Å²) in [7, 11) is 0. The average molecular weight is 449 g/mol. The summed E-state index contributed by atoms with van der Waals surface area (Å²) in [6, 6.07) is 8.20. The third kappa shape index (κ3) is 7.96. The van der Waals surface area contributed by atoms with Crippen LogP contribution in [0.15, 0.2) is 24.3 Å². The number of nitrogens with zero attached hydrogens (tertiary/aromatic N) is 1. The number of halogens is 1. The fourth-order valence-corrected chi connectivity index (χ4v) is 3.36. The van der Waals surface area contributed by atoms with Crippen LogP contribution in [0, 0.1) is 15.4 Å². The number of carboxylic acids is 2. The Labute approximate surface area is 155 Å². The monoisotopic (exact) mass is 449 g/mol. The molecule has 2 atom stereocenters. The van der Waals surface area contributed by atoms with Crippen LogP contribution in [0.5, 0.6) is 5.75 Å². The molecule has 0 aromatic heterocycles. The van der Waals surface area contributed by atoms with Gasteiger partial charge in [0, 0.05) is 19.6 Å². The summed E-state index contributed by atoms with van der Waals surface area (Å²) in [6.45, 7) is 8.98. The van der Waals surface area contributed by atoms with Crippen LogP contribution in [0.3, 0.4) is 0 Å². The van der Waals surface area contributed by atoms with E-state index in [-0.39, 0.29) is 0 Å². The van der Waals surface area contributed by atoms with E-state index in [0.29, 0.717) is 0 Å². The Balaban J connectivity index is 0.000000413. The lowest BCUT2D eigenvalue weighted by molar-refractivity contribution is -0.159. The molecular formula is C17H24INO5. The van der Waals surface area contributed by atoms with Crippen LogP contribution in [-0.4, -0.2) is 53.3 Å². The highest BCUT2D eigenvalue weighted by Gasteiger charge is 2.21. The number of hydrogen-bond acceptors (Lipinski definition) is 4. The minimum absolute atomic E-state index is 0.791. The van der Waals surface area contributed by atoms with Gasteiger partial charge in [-0.3, -0.25) is 4.90 Å². The number of benzene rings is 1. The maximum atomic E-state index is 9.10. The first kappa shape index (κ1) is 20.7. The lowest BCUT2D eigenvalue weighted by Gasteiger charge is -2.34. The van der Waals surface area contributed by atoms with Gasteiger partial charge >= 0.3 is 11.9 Å². The third-order valence-corrected chi connectivity index (χ3v) is 4.52. The van der Waals surface area contributed by atoms with Crippen molar-refractivity contribution in [2.45, 2.75) is 20.3 Å². The van der Waals surface area contributed by atoms with Crippen LogP contribution in [0.25, 0.3) is 0 Å². The molecule has 1 aliphatic rings. The molecule has 24 heavy (non-hydrogen) atoms. The summed E-state index contributed by atoms with van der Waals surface area (Å²) in [5, 5.41) is 14.8. The smallest absolute Gasteiger partial charge is 0.414 e. The van der Waals surface area contributed by atoms with Gasteiger partial charge in [0.15, 0.2) is 0 Å². The number of piperidine rings is 1. The third-order valence-electron chi connectivity index (χ3n) is 3.63. The van der Waals surface area contributed by atoms with Crippen LogP contribution in [0.1, 0.15) is 20.3 Å². The molecule has 6 nitrogen and oxygen atoms in total. The Morgan fingerprint density at radius 3 is 2.21 bits per heavy atom. The fourth-order valence-electron chi connectivity index (χ4n) is 2.82. The molecule has 134 valence electrons. The Morgan fingerprint density at radius 2 is 1.71 bits per heavy atom. The highest BCUT2D eigenvalue weighted by Crippen LogP contribution is 2.22. The van der Waals surface area contributed by atoms with Crippen molar-refractivity contribution in [3.63, 3.8) is 0 Å². The minimum atomic E-state index is -1.82. The van der Waals surface area contributed by atoms with E-state index < -0.39 is 11.9 Å². The molecule has 0 amide bonds. The lowest BCUT2D eigenvalue weighted by atomic mass is 9.92. The van der Waals surface area contributed by atoms with Gasteiger partial charge in [0.1, 0.15) is 12.4 Å². The van der Waals surface area contributed by atoms with Crippen LogP contribution in [-0.2, 0) is 9.59 Å². The van der Waals surface area contributed by atoms with Gasteiger partial charge in [0.25, 0.3) is 0 Å². The quantitative estimate of drug-likeness (QED) is 0.543. The Bertz CT molecular complexity index is 530. The summed E-state index contributed by atoms with van der Waals surface area (Å²) in [4.78, 5) is 20.7. The first-order valence-electron chi connectivity index (χ1n) is 7.85. The van der Waals surface area contributed by atoms with Crippen LogP contribution in [0.2, 0.25) is 0 Å². The second kappa shape index (κ2) is 10.5. The Hall–Kier alpha value is -1.35. The molecule has 1 aromatic rings. The van der Waals surface area contributed by atoms with Gasteiger partial charge in [0.05, 0.1) is 3.57 Å². The van der Waals surface area contributed by atoms with Crippen LogP contribution < -0.4 is 4.74 Å². The zero-order valence-electron chi connectivity index (χ0n) is 13.9. The highest BCUT2D eigenvalue weighted by atomic mass is 127. The molecule has 0 saturated carbocycles. The SMILES string of the molecule is CC1CC(C)CN(CCOc2ccccc2I)C1.O=C(O)C(=O)O. The molecule has 1 heterocycles. The topological polar surface area (TPSA) is 87.1 Å². The van der Waals surface area contributed by atoms with Crippen LogP contribution >= 0.6 is 22.6 Å². The number of ether oxygens (including phenoxy) is 1. The molecular weight excluding hydrogens is 425 g/mol. The first-order valence-corrected chi connectivity index (χ1v) is 8.93. The molecule has 0 spiro atoms.